The van der Waals surface area contributed by atoms with Crippen LogP contribution >= 0.6 is 0 Å². The van der Waals surface area contributed by atoms with Crippen LogP contribution in [0.2, 0.25) is 0 Å². The Morgan fingerprint density at radius 3 is 2.60 bits per heavy atom. The van der Waals surface area contributed by atoms with Crippen molar-refractivity contribution in [2.45, 2.75) is 46.8 Å². The van der Waals surface area contributed by atoms with Crippen LogP contribution in [0.3, 0.4) is 0 Å². The van der Waals surface area contributed by atoms with E-state index in [9.17, 15) is 4.79 Å². The van der Waals surface area contributed by atoms with Crippen molar-refractivity contribution < 1.29 is 4.79 Å². The summed E-state index contributed by atoms with van der Waals surface area (Å²) in [5.74, 6) is -0.0986. The Hall–Kier alpha value is -2.11. The van der Waals surface area contributed by atoms with E-state index < -0.39 is 0 Å². The van der Waals surface area contributed by atoms with E-state index in [1.165, 1.54) is 0 Å². The Morgan fingerprint density at radius 2 is 2.00 bits per heavy atom. The van der Waals surface area contributed by atoms with Gasteiger partial charge in [-0.25, -0.2) is 0 Å². The number of nitrogens with zero attached hydrogens (tertiary/aromatic N) is 4. The van der Waals surface area contributed by atoms with E-state index in [0.29, 0.717) is 5.56 Å². The number of hydrogen-bond donors (Lipinski definition) is 1. The van der Waals surface area contributed by atoms with Crippen LogP contribution in [-0.2, 0) is 13.1 Å². The highest BCUT2D eigenvalue weighted by Gasteiger charge is 2.18. The van der Waals surface area contributed by atoms with Crippen molar-refractivity contribution in [3.63, 3.8) is 0 Å². The van der Waals surface area contributed by atoms with Crippen LogP contribution in [0.25, 0.3) is 0 Å². The molecule has 0 fully saturated rings. The van der Waals surface area contributed by atoms with Crippen LogP contribution in [-0.4, -0.2) is 25.5 Å². The molecule has 2 aromatic heterocycles. The SMILES string of the molecule is CCn1nccc1C(C)NC(=O)c1cnn(CC)c1C. The summed E-state index contributed by atoms with van der Waals surface area (Å²) in [4.78, 5) is 12.3. The summed E-state index contributed by atoms with van der Waals surface area (Å²) >= 11 is 0. The zero-order valence-electron chi connectivity index (χ0n) is 12.4. The van der Waals surface area contributed by atoms with Crippen molar-refractivity contribution in [1.82, 2.24) is 24.9 Å². The fraction of sp³-hybridized carbons (Fsp3) is 0.500. The number of carbonyl (C=O) groups is 1. The molecule has 0 spiro atoms. The monoisotopic (exact) mass is 275 g/mol. The number of rotatable bonds is 5. The van der Waals surface area contributed by atoms with Crippen molar-refractivity contribution in [3.8, 4) is 0 Å². The highest BCUT2D eigenvalue weighted by Crippen LogP contribution is 2.14. The van der Waals surface area contributed by atoms with E-state index >= 15 is 0 Å². The summed E-state index contributed by atoms with van der Waals surface area (Å²) in [5.41, 5.74) is 2.52. The molecule has 2 rings (SSSR count). The number of aryl methyl sites for hydroxylation is 2. The second-order valence-electron chi connectivity index (χ2n) is 4.73. The van der Waals surface area contributed by atoms with Gasteiger partial charge in [0.05, 0.1) is 23.5 Å². The molecule has 2 aromatic rings. The lowest BCUT2D eigenvalue weighted by Crippen LogP contribution is -2.28. The topological polar surface area (TPSA) is 64.7 Å². The predicted molar refractivity (Wildman–Crippen MR) is 76.4 cm³/mol. The normalized spacial score (nSPS) is 12.4. The predicted octanol–water partition coefficient (Wildman–Crippen LogP) is 1.92. The molecular formula is C14H21N5O. The van der Waals surface area contributed by atoms with Gasteiger partial charge < -0.3 is 5.32 Å². The third kappa shape index (κ3) is 2.59. The van der Waals surface area contributed by atoms with Crippen LogP contribution in [0.1, 0.15) is 48.6 Å². The van der Waals surface area contributed by atoms with Crippen molar-refractivity contribution in [3.05, 3.63) is 35.4 Å². The van der Waals surface area contributed by atoms with Crippen LogP contribution < -0.4 is 5.32 Å². The zero-order valence-corrected chi connectivity index (χ0v) is 12.4. The largest absolute Gasteiger partial charge is 0.344 e. The second-order valence-corrected chi connectivity index (χ2v) is 4.73. The Balaban J connectivity index is 2.13. The van der Waals surface area contributed by atoms with Gasteiger partial charge in [0.2, 0.25) is 0 Å². The molecule has 1 amide bonds. The Labute approximate surface area is 118 Å². The van der Waals surface area contributed by atoms with Crippen molar-refractivity contribution in [2.75, 3.05) is 0 Å². The van der Waals surface area contributed by atoms with E-state index in [4.69, 9.17) is 0 Å². The number of nitrogens with one attached hydrogen (secondary N) is 1. The van der Waals surface area contributed by atoms with Gasteiger partial charge >= 0.3 is 0 Å². The zero-order chi connectivity index (χ0) is 14.7. The molecule has 0 aromatic carbocycles. The quantitative estimate of drug-likeness (QED) is 0.906. The van der Waals surface area contributed by atoms with Gasteiger partial charge in [0, 0.05) is 25.0 Å². The molecule has 0 saturated carbocycles. The van der Waals surface area contributed by atoms with E-state index in [1.54, 1.807) is 12.4 Å². The minimum Gasteiger partial charge on any atom is -0.344 e. The summed E-state index contributed by atoms with van der Waals surface area (Å²) in [7, 11) is 0. The average molecular weight is 275 g/mol. The van der Waals surface area contributed by atoms with Gasteiger partial charge in [-0.05, 0) is 33.8 Å². The first kappa shape index (κ1) is 14.3. The van der Waals surface area contributed by atoms with Gasteiger partial charge in [0.25, 0.3) is 5.91 Å². The number of carbonyl (C=O) groups excluding carboxylic acids is 1. The van der Waals surface area contributed by atoms with Gasteiger partial charge in [-0.1, -0.05) is 0 Å². The molecule has 0 aliphatic carbocycles. The summed E-state index contributed by atoms with van der Waals surface area (Å²) in [6.45, 7) is 9.45. The maximum absolute atomic E-state index is 12.3. The number of aromatic nitrogens is 4. The number of hydrogen-bond acceptors (Lipinski definition) is 3. The molecule has 1 atom stereocenters. The molecular weight excluding hydrogens is 254 g/mol. The van der Waals surface area contributed by atoms with Gasteiger partial charge in [0.15, 0.2) is 0 Å². The highest BCUT2D eigenvalue weighted by molar-refractivity contribution is 5.95. The van der Waals surface area contributed by atoms with Crippen molar-refractivity contribution in [2.24, 2.45) is 0 Å². The summed E-state index contributed by atoms with van der Waals surface area (Å²) in [5, 5.41) is 11.4. The first-order valence-corrected chi connectivity index (χ1v) is 6.93. The summed E-state index contributed by atoms with van der Waals surface area (Å²) in [6.07, 6.45) is 3.37. The second kappa shape index (κ2) is 5.90. The molecule has 6 nitrogen and oxygen atoms in total. The lowest BCUT2D eigenvalue weighted by molar-refractivity contribution is 0.0937. The van der Waals surface area contributed by atoms with E-state index in [-0.39, 0.29) is 11.9 Å². The highest BCUT2D eigenvalue weighted by atomic mass is 16.1. The molecule has 0 radical (unpaired) electrons. The van der Waals surface area contributed by atoms with Gasteiger partial charge in [-0.15, -0.1) is 0 Å². The Bertz CT molecular complexity index is 598. The van der Waals surface area contributed by atoms with Crippen LogP contribution in [0.15, 0.2) is 18.5 Å². The molecule has 0 aliphatic rings. The molecule has 2 heterocycles. The molecule has 20 heavy (non-hydrogen) atoms. The fourth-order valence-corrected chi connectivity index (χ4v) is 2.31. The maximum Gasteiger partial charge on any atom is 0.255 e. The molecule has 0 bridgehead atoms. The van der Waals surface area contributed by atoms with Crippen LogP contribution in [0.5, 0.6) is 0 Å². The molecule has 0 aliphatic heterocycles. The van der Waals surface area contributed by atoms with Gasteiger partial charge in [-0.3, -0.25) is 14.2 Å². The molecule has 6 heteroatoms. The standard InChI is InChI=1S/C14H21N5O/c1-5-18-11(4)12(9-16-18)14(20)17-10(3)13-7-8-15-19(13)6-2/h7-10H,5-6H2,1-4H3,(H,17,20). The Morgan fingerprint density at radius 1 is 1.30 bits per heavy atom. The minimum absolute atomic E-state index is 0.0886. The third-order valence-corrected chi connectivity index (χ3v) is 3.49. The van der Waals surface area contributed by atoms with Crippen molar-refractivity contribution >= 4 is 5.91 Å². The van der Waals surface area contributed by atoms with Gasteiger partial charge in [-0.2, -0.15) is 10.2 Å². The molecule has 1 unspecified atom stereocenters. The fourth-order valence-electron chi connectivity index (χ4n) is 2.31. The first-order valence-electron chi connectivity index (χ1n) is 6.93. The average Bonchev–Trinajstić information content (AvgIpc) is 3.04. The lowest BCUT2D eigenvalue weighted by atomic mass is 10.2. The molecule has 1 N–H and O–H groups in total. The van der Waals surface area contributed by atoms with E-state index in [1.807, 2.05) is 43.1 Å². The van der Waals surface area contributed by atoms with E-state index in [2.05, 4.69) is 15.5 Å². The number of amides is 1. The van der Waals surface area contributed by atoms with Crippen LogP contribution in [0, 0.1) is 6.92 Å². The van der Waals surface area contributed by atoms with E-state index in [0.717, 1.165) is 24.5 Å². The van der Waals surface area contributed by atoms with Crippen molar-refractivity contribution in [1.29, 1.82) is 0 Å². The smallest absolute Gasteiger partial charge is 0.255 e. The summed E-state index contributed by atoms with van der Waals surface area (Å²) in [6, 6.07) is 1.84. The first-order chi connectivity index (χ1) is 9.58. The lowest BCUT2D eigenvalue weighted by Gasteiger charge is -2.15. The van der Waals surface area contributed by atoms with Gasteiger partial charge in [0.1, 0.15) is 0 Å². The minimum atomic E-state index is -0.0986. The van der Waals surface area contributed by atoms with Crippen LogP contribution in [0.4, 0.5) is 0 Å². The third-order valence-electron chi connectivity index (χ3n) is 3.49. The Kier molecular flexibility index (Phi) is 4.22. The molecule has 108 valence electrons. The molecule has 0 saturated heterocycles. The maximum atomic E-state index is 12.3. The summed E-state index contributed by atoms with van der Waals surface area (Å²) < 4.78 is 3.70.